The Kier molecular flexibility index (Phi) is 6.32. The SMILES string of the molecule is CCOC[C@@]1(O)CC[C@H]2[C@H](CC[C@@H]3[C@@H]2CC[C@]2(C)[C@@H](C(=O)Nc4ncccc4C)CC[C@@H]32)C1. The first-order valence-electron chi connectivity index (χ1n) is 13.4. The van der Waals surface area contributed by atoms with Crippen LogP contribution in [0.4, 0.5) is 5.82 Å². The van der Waals surface area contributed by atoms with Crippen molar-refractivity contribution in [2.45, 2.75) is 84.2 Å². The third kappa shape index (κ3) is 4.14. The number of ether oxygens (including phenoxy) is 1. The lowest BCUT2D eigenvalue weighted by Crippen LogP contribution is -2.52. The van der Waals surface area contributed by atoms with Crippen molar-refractivity contribution in [1.82, 2.24) is 4.98 Å². The number of fused-ring (bicyclic) bond motifs is 5. The van der Waals surface area contributed by atoms with Gasteiger partial charge in [-0.15, -0.1) is 0 Å². The van der Waals surface area contributed by atoms with E-state index in [1.165, 1.54) is 25.7 Å². The van der Waals surface area contributed by atoms with Crippen LogP contribution in [0.1, 0.15) is 77.2 Å². The van der Waals surface area contributed by atoms with Crippen molar-refractivity contribution in [2.24, 2.45) is 40.9 Å². The van der Waals surface area contributed by atoms with Gasteiger partial charge in [0.1, 0.15) is 5.82 Å². The number of hydrogen-bond donors (Lipinski definition) is 2. The molecule has 4 aliphatic rings. The first-order chi connectivity index (χ1) is 15.8. The molecule has 1 aromatic heterocycles. The molecule has 8 atom stereocenters. The van der Waals surface area contributed by atoms with Crippen molar-refractivity contribution in [2.75, 3.05) is 18.5 Å². The van der Waals surface area contributed by atoms with Crippen molar-refractivity contribution in [1.29, 1.82) is 0 Å². The van der Waals surface area contributed by atoms with Crippen LogP contribution in [0, 0.1) is 47.8 Å². The number of pyridine rings is 1. The van der Waals surface area contributed by atoms with Crippen LogP contribution in [0.5, 0.6) is 0 Å². The number of carbonyl (C=O) groups is 1. The summed E-state index contributed by atoms with van der Waals surface area (Å²) in [4.78, 5) is 17.8. The summed E-state index contributed by atoms with van der Waals surface area (Å²) >= 11 is 0. The van der Waals surface area contributed by atoms with E-state index in [9.17, 15) is 9.90 Å². The highest BCUT2D eigenvalue weighted by molar-refractivity contribution is 5.93. The zero-order chi connectivity index (χ0) is 23.2. The molecule has 0 aliphatic heterocycles. The van der Waals surface area contributed by atoms with Gasteiger partial charge >= 0.3 is 0 Å². The second-order valence-corrected chi connectivity index (χ2v) is 11.9. The van der Waals surface area contributed by atoms with Gasteiger partial charge in [0.2, 0.25) is 5.91 Å². The van der Waals surface area contributed by atoms with Gasteiger partial charge in [-0.1, -0.05) is 13.0 Å². The van der Waals surface area contributed by atoms with Crippen LogP contribution in [0.25, 0.3) is 0 Å². The summed E-state index contributed by atoms with van der Waals surface area (Å²) < 4.78 is 5.62. The molecule has 0 unspecified atom stereocenters. The minimum atomic E-state index is -0.618. The van der Waals surface area contributed by atoms with E-state index in [2.05, 4.69) is 17.2 Å². The number of amides is 1. The van der Waals surface area contributed by atoms with Crippen LogP contribution in [0.15, 0.2) is 18.3 Å². The van der Waals surface area contributed by atoms with Crippen molar-refractivity contribution < 1.29 is 14.6 Å². The first-order valence-corrected chi connectivity index (χ1v) is 13.4. The minimum Gasteiger partial charge on any atom is -0.387 e. The molecule has 0 saturated heterocycles. The zero-order valence-corrected chi connectivity index (χ0v) is 20.7. The topological polar surface area (TPSA) is 71.5 Å². The van der Waals surface area contributed by atoms with Crippen molar-refractivity contribution in [3.05, 3.63) is 23.9 Å². The zero-order valence-electron chi connectivity index (χ0n) is 20.7. The van der Waals surface area contributed by atoms with Crippen molar-refractivity contribution >= 4 is 11.7 Å². The average molecular weight is 455 g/mol. The molecule has 0 aromatic carbocycles. The summed E-state index contributed by atoms with van der Waals surface area (Å²) in [5, 5.41) is 14.3. The molecule has 4 fully saturated rings. The Morgan fingerprint density at radius 3 is 2.76 bits per heavy atom. The Morgan fingerprint density at radius 1 is 1.15 bits per heavy atom. The average Bonchev–Trinajstić information content (AvgIpc) is 3.16. The molecule has 0 radical (unpaired) electrons. The van der Waals surface area contributed by atoms with Crippen molar-refractivity contribution in [3.8, 4) is 0 Å². The number of rotatable bonds is 5. The van der Waals surface area contributed by atoms with Crippen LogP contribution in [-0.2, 0) is 9.53 Å². The maximum absolute atomic E-state index is 13.4. The predicted molar refractivity (Wildman–Crippen MR) is 130 cm³/mol. The molecule has 4 aliphatic carbocycles. The Balaban J connectivity index is 1.27. The Bertz CT molecular complexity index is 874. The van der Waals surface area contributed by atoms with E-state index in [1.807, 2.05) is 26.0 Å². The van der Waals surface area contributed by atoms with E-state index < -0.39 is 5.60 Å². The molecular formula is C28H42N2O3. The van der Waals surface area contributed by atoms with Gasteiger partial charge < -0.3 is 15.2 Å². The summed E-state index contributed by atoms with van der Waals surface area (Å²) in [6, 6.07) is 3.92. The van der Waals surface area contributed by atoms with E-state index in [4.69, 9.17) is 4.74 Å². The predicted octanol–water partition coefficient (Wildman–Crippen LogP) is 5.36. The lowest BCUT2D eigenvalue weighted by Gasteiger charge is -2.57. The van der Waals surface area contributed by atoms with E-state index in [-0.39, 0.29) is 17.2 Å². The second-order valence-electron chi connectivity index (χ2n) is 11.9. The lowest BCUT2D eigenvalue weighted by molar-refractivity contribution is -0.135. The Hall–Kier alpha value is -1.46. The van der Waals surface area contributed by atoms with Crippen molar-refractivity contribution in [3.63, 3.8) is 0 Å². The summed E-state index contributed by atoms with van der Waals surface area (Å²) in [7, 11) is 0. The van der Waals surface area contributed by atoms with Crippen LogP contribution in [0.3, 0.4) is 0 Å². The van der Waals surface area contributed by atoms with E-state index >= 15 is 0 Å². The van der Waals surface area contributed by atoms with Gasteiger partial charge in [0, 0.05) is 18.7 Å². The van der Waals surface area contributed by atoms with Crippen LogP contribution < -0.4 is 5.32 Å². The minimum absolute atomic E-state index is 0.0882. The summed E-state index contributed by atoms with van der Waals surface area (Å²) in [6.45, 7) is 7.59. The van der Waals surface area contributed by atoms with Crippen LogP contribution in [-0.4, -0.2) is 34.8 Å². The van der Waals surface area contributed by atoms with Gasteiger partial charge in [0.05, 0.1) is 12.2 Å². The number of nitrogens with one attached hydrogen (secondary N) is 1. The molecule has 1 amide bonds. The van der Waals surface area contributed by atoms with Gasteiger partial charge in [-0.25, -0.2) is 4.98 Å². The second kappa shape index (κ2) is 8.96. The first kappa shape index (κ1) is 23.3. The molecule has 0 spiro atoms. The number of aliphatic hydroxyl groups is 1. The Labute approximate surface area is 199 Å². The smallest absolute Gasteiger partial charge is 0.229 e. The molecule has 5 rings (SSSR count). The maximum atomic E-state index is 13.4. The molecule has 182 valence electrons. The van der Waals surface area contributed by atoms with Crippen LogP contribution in [0.2, 0.25) is 0 Å². The molecule has 2 N–H and O–H groups in total. The molecule has 5 nitrogen and oxygen atoms in total. The third-order valence-electron chi connectivity index (χ3n) is 10.2. The standard InChI is InChI=1S/C28H42N2O3/c1-4-33-17-28(32)14-12-20-19(16-28)7-8-22-21(20)11-13-27(3)23(22)9-10-24(27)26(31)30-25-18(2)6-5-15-29-25/h5-6,15,19-24,32H,4,7-14,16-17H2,1-3H3,(H,29,30,31)/t19-,20+,21-,22-,23+,24-,27+,28-/m1/s1. The van der Waals surface area contributed by atoms with Crippen LogP contribution >= 0.6 is 0 Å². The normalized spacial score (nSPS) is 42.2. The molecule has 4 saturated carbocycles. The fraction of sp³-hybridized carbons (Fsp3) is 0.786. The third-order valence-corrected chi connectivity index (χ3v) is 10.2. The van der Waals surface area contributed by atoms with E-state index in [0.717, 1.165) is 55.4 Å². The number of hydrogen-bond acceptors (Lipinski definition) is 4. The largest absolute Gasteiger partial charge is 0.387 e. The number of anilines is 1. The van der Waals surface area contributed by atoms with Gasteiger partial charge in [-0.2, -0.15) is 0 Å². The highest BCUT2D eigenvalue weighted by Gasteiger charge is 2.59. The molecule has 1 aromatic rings. The van der Waals surface area contributed by atoms with Gasteiger partial charge in [-0.05, 0) is 118 Å². The molecule has 33 heavy (non-hydrogen) atoms. The number of carbonyl (C=O) groups excluding carboxylic acids is 1. The van der Waals surface area contributed by atoms with E-state index in [1.54, 1.807) is 6.20 Å². The van der Waals surface area contributed by atoms with Gasteiger partial charge in [0.25, 0.3) is 0 Å². The summed E-state index contributed by atoms with van der Waals surface area (Å²) in [6.07, 6.45) is 11.8. The van der Waals surface area contributed by atoms with Gasteiger partial charge in [0.15, 0.2) is 0 Å². The highest BCUT2D eigenvalue weighted by atomic mass is 16.5. The van der Waals surface area contributed by atoms with Gasteiger partial charge in [-0.3, -0.25) is 4.79 Å². The summed E-state index contributed by atoms with van der Waals surface area (Å²) in [5.41, 5.74) is 0.507. The molecule has 0 bridgehead atoms. The lowest BCUT2D eigenvalue weighted by atomic mass is 9.49. The molecular weight excluding hydrogens is 412 g/mol. The highest BCUT2D eigenvalue weighted by Crippen LogP contribution is 2.64. The monoisotopic (exact) mass is 454 g/mol. The maximum Gasteiger partial charge on any atom is 0.229 e. The fourth-order valence-corrected chi connectivity index (χ4v) is 8.64. The quantitative estimate of drug-likeness (QED) is 0.628. The number of aromatic nitrogens is 1. The Morgan fingerprint density at radius 2 is 1.97 bits per heavy atom. The fourth-order valence-electron chi connectivity index (χ4n) is 8.64. The number of aryl methyl sites for hydroxylation is 1. The number of nitrogens with zero attached hydrogens (tertiary/aromatic N) is 1. The molecule has 1 heterocycles. The molecule has 5 heteroatoms. The van der Waals surface area contributed by atoms with E-state index in [0.29, 0.717) is 30.9 Å². The summed E-state index contributed by atoms with van der Waals surface area (Å²) in [5.74, 6) is 4.54.